The third-order valence-corrected chi connectivity index (χ3v) is 3.75. The van der Waals surface area contributed by atoms with Crippen LogP contribution in [0, 0.1) is 0 Å². The molecule has 0 spiro atoms. The number of aryl methyl sites for hydroxylation is 1. The summed E-state index contributed by atoms with van der Waals surface area (Å²) in [4.78, 5) is 0. The third kappa shape index (κ3) is 4.87. The predicted molar refractivity (Wildman–Crippen MR) is 88.7 cm³/mol. The molecular weight excluding hydrogens is 282 g/mol. The van der Waals surface area contributed by atoms with Gasteiger partial charge in [0.1, 0.15) is 0 Å². The molecule has 0 aliphatic heterocycles. The van der Waals surface area contributed by atoms with E-state index >= 15 is 0 Å². The zero-order chi connectivity index (χ0) is 15.1. The second-order valence-corrected chi connectivity index (χ2v) is 5.81. The number of nitrogens with one attached hydrogen (secondary N) is 1. The van der Waals surface area contributed by atoms with E-state index in [0.717, 1.165) is 37.4 Å². The fraction of sp³-hybridized carbons (Fsp3) is 0.471. The van der Waals surface area contributed by atoms with Gasteiger partial charge in [-0.2, -0.15) is 5.10 Å². The third-order valence-electron chi connectivity index (χ3n) is 3.50. The molecule has 2 aromatic rings. The Kier molecular flexibility index (Phi) is 6.27. The maximum Gasteiger partial charge on any atom is 0.0537 e. The molecule has 0 amide bonds. The summed E-state index contributed by atoms with van der Waals surface area (Å²) >= 11 is 5.96. The van der Waals surface area contributed by atoms with Crippen LogP contribution in [-0.2, 0) is 13.0 Å². The van der Waals surface area contributed by atoms with Crippen LogP contribution in [0.2, 0.25) is 5.02 Å². The lowest BCUT2D eigenvalue weighted by Gasteiger charge is -2.17. The Hall–Kier alpha value is -1.32. The number of benzene rings is 1. The largest absolute Gasteiger partial charge is 0.310 e. The average molecular weight is 306 g/mol. The normalized spacial score (nSPS) is 12.5. The first-order valence-electron chi connectivity index (χ1n) is 7.73. The van der Waals surface area contributed by atoms with Gasteiger partial charge in [0.2, 0.25) is 0 Å². The van der Waals surface area contributed by atoms with Gasteiger partial charge in [0.15, 0.2) is 0 Å². The smallest absolute Gasteiger partial charge is 0.0537 e. The van der Waals surface area contributed by atoms with Crippen molar-refractivity contribution >= 4 is 11.6 Å². The van der Waals surface area contributed by atoms with Gasteiger partial charge in [0.25, 0.3) is 0 Å². The summed E-state index contributed by atoms with van der Waals surface area (Å²) < 4.78 is 2.03. The molecule has 1 unspecified atom stereocenters. The first kappa shape index (κ1) is 16.1. The summed E-state index contributed by atoms with van der Waals surface area (Å²) in [6.07, 6.45) is 7.33. The van der Waals surface area contributed by atoms with Gasteiger partial charge in [0, 0.05) is 29.4 Å². The lowest BCUT2D eigenvalue weighted by atomic mass is 10.0. The Morgan fingerprint density at radius 3 is 2.62 bits per heavy atom. The molecule has 0 saturated heterocycles. The van der Waals surface area contributed by atoms with Crippen LogP contribution in [0.15, 0.2) is 36.7 Å². The van der Waals surface area contributed by atoms with Crippen molar-refractivity contribution in [1.29, 1.82) is 0 Å². The van der Waals surface area contributed by atoms with Gasteiger partial charge in [-0.15, -0.1) is 0 Å². The molecular formula is C17H24ClN3. The van der Waals surface area contributed by atoms with Crippen molar-refractivity contribution in [3.05, 3.63) is 52.8 Å². The van der Waals surface area contributed by atoms with Crippen LogP contribution in [0.3, 0.4) is 0 Å². The van der Waals surface area contributed by atoms with Crippen molar-refractivity contribution in [1.82, 2.24) is 15.1 Å². The molecule has 0 aliphatic rings. The number of hydrogen-bond acceptors (Lipinski definition) is 2. The summed E-state index contributed by atoms with van der Waals surface area (Å²) in [5.74, 6) is 0. The average Bonchev–Trinajstić information content (AvgIpc) is 2.94. The highest BCUT2D eigenvalue weighted by molar-refractivity contribution is 6.30. The Morgan fingerprint density at radius 1 is 1.19 bits per heavy atom. The molecule has 0 radical (unpaired) electrons. The van der Waals surface area contributed by atoms with Crippen molar-refractivity contribution in [2.75, 3.05) is 6.54 Å². The fourth-order valence-corrected chi connectivity index (χ4v) is 2.52. The quantitative estimate of drug-likeness (QED) is 0.791. The molecule has 3 nitrogen and oxygen atoms in total. The Bertz CT molecular complexity index is 533. The predicted octanol–water partition coefficient (Wildman–Crippen LogP) is 4.23. The maximum absolute atomic E-state index is 5.96. The van der Waals surface area contributed by atoms with Gasteiger partial charge in [-0.1, -0.05) is 37.6 Å². The first-order chi connectivity index (χ1) is 10.2. The molecule has 0 fully saturated rings. The van der Waals surface area contributed by atoms with Gasteiger partial charge in [-0.05, 0) is 43.5 Å². The first-order valence-corrected chi connectivity index (χ1v) is 8.11. The van der Waals surface area contributed by atoms with E-state index in [0.29, 0.717) is 6.04 Å². The SMILES string of the molecule is CCCNC(Cc1ccc(Cl)cc1)c1cnn(CCC)c1. The van der Waals surface area contributed by atoms with Crippen molar-refractivity contribution in [3.63, 3.8) is 0 Å². The molecule has 1 heterocycles. The van der Waals surface area contributed by atoms with Gasteiger partial charge in [-0.25, -0.2) is 0 Å². The molecule has 1 atom stereocenters. The lowest BCUT2D eigenvalue weighted by molar-refractivity contribution is 0.527. The molecule has 0 bridgehead atoms. The maximum atomic E-state index is 5.96. The Morgan fingerprint density at radius 2 is 1.95 bits per heavy atom. The molecule has 21 heavy (non-hydrogen) atoms. The minimum Gasteiger partial charge on any atom is -0.310 e. The van der Waals surface area contributed by atoms with Crippen molar-refractivity contribution in [2.24, 2.45) is 0 Å². The number of rotatable bonds is 8. The van der Waals surface area contributed by atoms with Gasteiger partial charge >= 0.3 is 0 Å². The monoisotopic (exact) mass is 305 g/mol. The standard InChI is InChI=1S/C17H24ClN3/c1-3-9-19-17(11-14-5-7-16(18)8-6-14)15-12-20-21(13-15)10-4-2/h5-8,12-13,17,19H,3-4,9-11H2,1-2H3. The second-order valence-electron chi connectivity index (χ2n) is 5.37. The molecule has 0 aliphatic carbocycles. The van der Waals surface area contributed by atoms with Crippen LogP contribution in [0.5, 0.6) is 0 Å². The molecule has 2 rings (SSSR count). The van der Waals surface area contributed by atoms with E-state index in [2.05, 4.69) is 42.6 Å². The van der Waals surface area contributed by atoms with E-state index in [1.54, 1.807) is 0 Å². The summed E-state index contributed by atoms with van der Waals surface area (Å²) in [6.45, 7) is 6.34. The molecule has 114 valence electrons. The fourth-order valence-electron chi connectivity index (χ4n) is 2.39. The summed E-state index contributed by atoms with van der Waals surface area (Å²) in [6, 6.07) is 8.40. The molecule has 1 aromatic heterocycles. The number of aromatic nitrogens is 2. The van der Waals surface area contributed by atoms with E-state index in [1.807, 2.05) is 23.0 Å². The Labute approximate surface area is 132 Å². The van der Waals surface area contributed by atoms with Crippen LogP contribution in [0.25, 0.3) is 0 Å². The van der Waals surface area contributed by atoms with Crippen molar-refractivity contribution < 1.29 is 0 Å². The number of hydrogen-bond donors (Lipinski definition) is 1. The molecule has 4 heteroatoms. The summed E-state index contributed by atoms with van der Waals surface area (Å²) in [7, 11) is 0. The van der Waals surface area contributed by atoms with Gasteiger partial charge in [-0.3, -0.25) is 4.68 Å². The second kappa shape index (κ2) is 8.20. The van der Waals surface area contributed by atoms with Crippen molar-refractivity contribution in [3.8, 4) is 0 Å². The number of nitrogens with zero attached hydrogens (tertiary/aromatic N) is 2. The summed E-state index contributed by atoms with van der Waals surface area (Å²) in [5.41, 5.74) is 2.54. The zero-order valence-electron chi connectivity index (χ0n) is 12.8. The van der Waals surface area contributed by atoms with E-state index in [4.69, 9.17) is 11.6 Å². The molecule has 1 N–H and O–H groups in total. The van der Waals surface area contributed by atoms with Gasteiger partial charge in [0.05, 0.1) is 6.20 Å². The van der Waals surface area contributed by atoms with Crippen molar-refractivity contribution in [2.45, 2.75) is 45.7 Å². The lowest BCUT2D eigenvalue weighted by Crippen LogP contribution is -2.23. The van der Waals surface area contributed by atoms with Crippen LogP contribution < -0.4 is 5.32 Å². The summed E-state index contributed by atoms with van der Waals surface area (Å²) in [5, 5.41) is 8.85. The highest BCUT2D eigenvalue weighted by atomic mass is 35.5. The highest BCUT2D eigenvalue weighted by Crippen LogP contribution is 2.19. The minimum atomic E-state index is 0.303. The van der Waals surface area contributed by atoms with E-state index < -0.39 is 0 Å². The highest BCUT2D eigenvalue weighted by Gasteiger charge is 2.13. The topological polar surface area (TPSA) is 29.9 Å². The minimum absolute atomic E-state index is 0.303. The van der Waals surface area contributed by atoms with Crippen LogP contribution in [-0.4, -0.2) is 16.3 Å². The number of halogens is 1. The molecule has 1 aromatic carbocycles. The van der Waals surface area contributed by atoms with Crippen LogP contribution in [0.1, 0.15) is 43.9 Å². The van der Waals surface area contributed by atoms with E-state index in [9.17, 15) is 0 Å². The van der Waals surface area contributed by atoms with Crippen LogP contribution >= 0.6 is 11.6 Å². The molecule has 0 saturated carbocycles. The zero-order valence-corrected chi connectivity index (χ0v) is 13.6. The van der Waals surface area contributed by atoms with Crippen LogP contribution in [0.4, 0.5) is 0 Å². The van der Waals surface area contributed by atoms with E-state index in [-0.39, 0.29) is 0 Å². The van der Waals surface area contributed by atoms with E-state index in [1.165, 1.54) is 11.1 Å². The van der Waals surface area contributed by atoms with Gasteiger partial charge < -0.3 is 5.32 Å². The Balaban J connectivity index is 2.10.